The highest BCUT2D eigenvalue weighted by atomic mass is 35.5. The van der Waals surface area contributed by atoms with E-state index in [1.807, 2.05) is 38.1 Å². The van der Waals surface area contributed by atoms with E-state index in [-0.39, 0.29) is 18.7 Å². The van der Waals surface area contributed by atoms with Gasteiger partial charge >= 0.3 is 17.3 Å². The van der Waals surface area contributed by atoms with E-state index >= 15 is 0 Å². The zero-order valence-corrected chi connectivity index (χ0v) is 19.3. The standard InChI is InChI=1S/C23H25ClN4O5/c1-4-33-19-10-9-17(11-18(19)24)25-21-26-22(31)28(12-15(3)20(29)30)23(32)27(21)13-16-7-5-14(2)6-8-16/h5-11,15H,4,12-13H2,1-3H3,(H,29,30)(H,25,26,31)/t15-/m1/s1. The molecule has 1 atom stereocenters. The first-order valence-corrected chi connectivity index (χ1v) is 10.8. The van der Waals surface area contributed by atoms with Gasteiger partial charge in [-0.2, -0.15) is 0 Å². The number of aliphatic carboxylic acids is 1. The highest BCUT2D eigenvalue weighted by Gasteiger charge is 2.17. The quantitative estimate of drug-likeness (QED) is 0.522. The molecule has 0 fully saturated rings. The average molecular weight is 473 g/mol. The SMILES string of the molecule is CCOc1ccc(/N=c2\[nH]c(=O)n(C[C@@H](C)C(=O)O)c(=O)n2Cc2ccc(C)cc2)cc1Cl. The third-order valence-corrected chi connectivity index (χ3v) is 5.27. The second-order valence-corrected chi connectivity index (χ2v) is 8.02. The highest BCUT2D eigenvalue weighted by molar-refractivity contribution is 6.32. The number of carboxylic acid groups (broad SMARTS) is 1. The fourth-order valence-electron chi connectivity index (χ4n) is 3.13. The third-order valence-electron chi connectivity index (χ3n) is 4.97. The van der Waals surface area contributed by atoms with E-state index in [4.69, 9.17) is 16.3 Å². The summed E-state index contributed by atoms with van der Waals surface area (Å²) < 4.78 is 7.60. The molecule has 33 heavy (non-hydrogen) atoms. The molecule has 1 aromatic heterocycles. The van der Waals surface area contributed by atoms with Gasteiger partial charge in [-0.1, -0.05) is 48.4 Å². The fraction of sp³-hybridized carbons (Fsp3) is 0.304. The number of hydrogen-bond acceptors (Lipinski definition) is 5. The van der Waals surface area contributed by atoms with Crippen LogP contribution in [0.4, 0.5) is 5.69 Å². The number of ether oxygens (including phenoxy) is 1. The van der Waals surface area contributed by atoms with E-state index in [0.717, 1.165) is 15.7 Å². The van der Waals surface area contributed by atoms with Gasteiger partial charge in [-0.3, -0.25) is 14.3 Å². The Bertz CT molecular complexity index is 1340. The highest BCUT2D eigenvalue weighted by Crippen LogP contribution is 2.28. The summed E-state index contributed by atoms with van der Waals surface area (Å²) in [5, 5.41) is 9.56. The van der Waals surface area contributed by atoms with E-state index in [2.05, 4.69) is 9.98 Å². The molecule has 1 heterocycles. The predicted octanol–water partition coefficient (Wildman–Crippen LogP) is 2.70. The minimum Gasteiger partial charge on any atom is -0.492 e. The minimum atomic E-state index is -1.11. The first kappa shape index (κ1) is 24.1. The molecule has 0 aliphatic carbocycles. The molecule has 0 unspecified atom stereocenters. The number of carbonyl (C=O) groups is 1. The van der Waals surface area contributed by atoms with Crippen LogP contribution < -0.4 is 21.7 Å². The van der Waals surface area contributed by atoms with Gasteiger partial charge in [0.1, 0.15) is 5.75 Å². The first-order valence-electron chi connectivity index (χ1n) is 10.4. The first-order chi connectivity index (χ1) is 15.7. The van der Waals surface area contributed by atoms with Crippen LogP contribution >= 0.6 is 11.6 Å². The molecule has 3 aromatic rings. The van der Waals surface area contributed by atoms with Crippen LogP contribution in [0.3, 0.4) is 0 Å². The van der Waals surface area contributed by atoms with Crippen molar-refractivity contribution in [2.75, 3.05) is 6.61 Å². The van der Waals surface area contributed by atoms with E-state index in [9.17, 15) is 19.5 Å². The summed E-state index contributed by atoms with van der Waals surface area (Å²) in [4.78, 5) is 44.2. The summed E-state index contributed by atoms with van der Waals surface area (Å²) in [6.07, 6.45) is 0. The molecule has 0 aliphatic rings. The Hall–Kier alpha value is -3.59. The van der Waals surface area contributed by atoms with Crippen LogP contribution in [0.15, 0.2) is 57.0 Å². The van der Waals surface area contributed by atoms with Crippen LogP contribution in [0, 0.1) is 12.8 Å². The van der Waals surface area contributed by atoms with Gasteiger partial charge in [0.25, 0.3) is 0 Å². The Morgan fingerprint density at radius 3 is 2.48 bits per heavy atom. The number of aromatic amines is 1. The molecule has 3 rings (SSSR count). The second-order valence-electron chi connectivity index (χ2n) is 7.62. The van der Waals surface area contributed by atoms with Gasteiger partial charge in [0.05, 0.1) is 29.8 Å². The maximum absolute atomic E-state index is 13.2. The normalized spacial score (nSPS) is 12.5. The molecule has 0 saturated heterocycles. The van der Waals surface area contributed by atoms with Gasteiger partial charge in [0.15, 0.2) is 0 Å². The average Bonchev–Trinajstić information content (AvgIpc) is 2.77. The number of nitrogens with zero attached hydrogens (tertiary/aromatic N) is 3. The van der Waals surface area contributed by atoms with Crippen molar-refractivity contribution in [3.8, 4) is 5.75 Å². The summed E-state index contributed by atoms with van der Waals surface area (Å²) in [5.74, 6) is -1.54. The Labute approximate surface area is 194 Å². The summed E-state index contributed by atoms with van der Waals surface area (Å²) >= 11 is 6.25. The smallest absolute Gasteiger partial charge is 0.335 e. The predicted molar refractivity (Wildman–Crippen MR) is 124 cm³/mol. The van der Waals surface area contributed by atoms with Crippen LogP contribution in [0.1, 0.15) is 25.0 Å². The maximum Gasteiger partial charge on any atom is 0.335 e. The number of rotatable bonds is 8. The minimum absolute atomic E-state index is 0.0185. The fourth-order valence-corrected chi connectivity index (χ4v) is 3.36. The van der Waals surface area contributed by atoms with Gasteiger partial charge in [-0.15, -0.1) is 0 Å². The van der Waals surface area contributed by atoms with Crippen LogP contribution in [-0.4, -0.2) is 31.8 Å². The number of aromatic nitrogens is 3. The lowest BCUT2D eigenvalue weighted by Gasteiger charge is -2.13. The number of carboxylic acids is 1. The molecule has 0 bridgehead atoms. The number of hydrogen-bond donors (Lipinski definition) is 2. The molecule has 10 heteroatoms. The molecular formula is C23H25ClN4O5. The Morgan fingerprint density at radius 1 is 1.18 bits per heavy atom. The second kappa shape index (κ2) is 10.4. The lowest BCUT2D eigenvalue weighted by atomic mass is 10.1. The summed E-state index contributed by atoms with van der Waals surface area (Å²) in [6.45, 7) is 5.53. The number of halogens is 1. The Balaban J connectivity index is 2.17. The molecule has 0 aliphatic heterocycles. The number of H-pyrrole nitrogens is 1. The van der Waals surface area contributed by atoms with Crippen molar-refractivity contribution in [3.05, 3.63) is 85.2 Å². The zero-order valence-electron chi connectivity index (χ0n) is 18.5. The van der Waals surface area contributed by atoms with Crippen molar-refractivity contribution in [3.63, 3.8) is 0 Å². The zero-order chi connectivity index (χ0) is 24.1. The molecule has 0 radical (unpaired) electrons. The van der Waals surface area contributed by atoms with Gasteiger partial charge < -0.3 is 9.84 Å². The van der Waals surface area contributed by atoms with Gasteiger partial charge in [-0.05, 0) is 37.6 Å². The molecular weight excluding hydrogens is 448 g/mol. The number of aryl methyl sites for hydroxylation is 1. The Morgan fingerprint density at radius 2 is 1.88 bits per heavy atom. The molecule has 174 valence electrons. The number of benzene rings is 2. The van der Waals surface area contributed by atoms with Crippen molar-refractivity contribution >= 4 is 23.3 Å². The lowest BCUT2D eigenvalue weighted by Crippen LogP contribution is -2.51. The van der Waals surface area contributed by atoms with Gasteiger partial charge in [0.2, 0.25) is 5.62 Å². The van der Waals surface area contributed by atoms with Crippen molar-refractivity contribution in [2.45, 2.75) is 33.9 Å². The van der Waals surface area contributed by atoms with Crippen LogP contribution in [0.5, 0.6) is 5.75 Å². The van der Waals surface area contributed by atoms with E-state index in [0.29, 0.717) is 23.1 Å². The van der Waals surface area contributed by atoms with Crippen molar-refractivity contribution < 1.29 is 14.6 Å². The van der Waals surface area contributed by atoms with E-state index in [1.165, 1.54) is 11.5 Å². The topological polar surface area (TPSA) is 119 Å². The summed E-state index contributed by atoms with van der Waals surface area (Å²) in [6, 6.07) is 12.4. The molecule has 0 spiro atoms. The molecule has 0 amide bonds. The van der Waals surface area contributed by atoms with Gasteiger partial charge in [0, 0.05) is 6.54 Å². The maximum atomic E-state index is 13.2. The lowest BCUT2D eigenvalue weighted by molar-refractivity contribution is -0.141. The van der Waals surface area contributed by atoms with Crippen LogP contribution in [0.25, 0.3) is 0 Å². The third kappa shape index (κ3) is 5.81. The van der Waals surface area contributed by atoms with Crippen molar-refractivity contribution in [1.29, 1.82) is 0 Å². The summed E-state index contributed by atoms with van der Waals surface area (Å²) in [5.41, 5.74) is 0.894. The van der Waals surface area contributed by atoms with Crippen LogP contribution in [-0.2, 0) is 17.9 Å². The van der Waals surface area contributed by atoms with Crippen molar-refractivity contribution in [2.24, 2.45) is 10.9 Å². The Kier molecular flexibility index (Phi) is 7.55. The van der Waals surface area contributed by atoms with Crippen LogP contribution in [0.2, 0.25) is 5.02 Å². The largest absolute Gasteiger partial charge is 0.492 e. The molecule has 0 saturated carbocycles. The summed E-state index contributed by atoms with van der Waals surface area (Å²) in [7, 11) is 0. The molecule has 9 nitrogen and oxygen atoms in total. The van der Waals surface area contributed by atoms with Gasteiger partial charge in [-0.25, -0.2) is 19.1 Å². The molecule has 2 aromatic carbocycles. The van der Waals surface area contributed by atoms with E-state index < -0.39 is 23.3 Å². The number of nitrogens with one attached hydrogen (secondary N) is 1. The van der Waals surface area contributed by atoms with Crippen molar-refractivity contribution in [1.82, 2.24) is 14.1 Å². The monoisotopic (exact) mass is 472 g/mol. The van der Waals surface area contributed by atoms with E-state index in [1.54, 1.807) is 18.2 Å². The molecule has 2 N–H and O–H groups in total.